The van der Waals surface area contributed by atoms with E-state index < -0.39 is 17.4 Å². The van der Waals surface area contributed by atoms with Crippen molar-refractivity contribution in [3.05, 3.63) is 35.4 Å². The van der Waals surface area contributed by atoms with E-state index in [0.717, 1.165) is 12.0 Å². The molecule has 0 aliphatic heterocycles. The molecule has 4 nitrogen and oxygen atoms in total. The number of benzene rings is 1. The van der Waals surface area contributed by atoms with Crippen molar-refractivity contribution in [1.29, 1.82) is 0 Å². The van der Waals surface area contributed by atoms with Gasteiger partial charge in [-0.15, -0.1) is 0 Å². The zero-order valence-corrected chi connectivity index (χ0v) is 10.8. The third-order valence-corrected chi connectivity index (χ3v) is 3.52. The van der Waals surface area contributed by atoms with Crippen molar-refractivity contribution < 1.29 is 19.8 Å². The van der Waals surface area contributed by atoms with Crippen molar-refractivity contribution in [2.45, 2.75) is 38.5 Å². The van der Waals surface area contributed by atoms with Crippen molar-refractivity contribution in [2.24, 2.45) is 0 Å². The van der Waals surface area contributed by atoms with Gasteiger partial charge in [0.15, 0.2) is 5.41 Å². The van der Waals surface area contributed by atoms with Crippen LogP contribution >= 0.6 is 0 Å². The fourth-order valence-corrected chi connectivity index (χ4v) is 1.72. The summed E-state index contributed by atoms with van der Waals surface area (Å²) in [5.41, 5.74) is -0.525. The van der Waals surface area contributed by atoms with Gasteiger partial charge in [-0.25, -0.2) is 0 Å². The van der Waals surface area contributed by atoms with Gasteiger partial charge in [-0.2, -0.15) is 0 Å². The molecule has 0 radical (unpaired) electrons. The maximum absolute atomic E-state index is 11.2. The second kappa shape index (κ2) is 5.21. The lowest BCUT2D eigenvalue weighted by Crippen LogP contribution is -2.40. The van der Waals surface area contributed by atoms with Crippen molar-refractivity contribution in [1.82, 2.24) is 0 Å². The minimum Gasteiger partial charge on any atom is -0.480 e. The molecule has 0 aliphatic carbocycles. The Balaban J connectivity index is 3.17. The Hall–Kier alpha value is -1.84. The summed E-state index contributed by atoms with van der Waals surface area (Å²) in [6.07, 6.45) is 0.981. The van der Waals surface area contributed by atoms with Gasteiger partial charge in [0.2, 0.25) is 0 Å². The number of rotatable bonds is 5. The Bertz CT molecular complexity index is 433. The van der Waals surface area contributed by atoms with E-state index in [-0.39, 0.29) is 5.56 Å². The molecule has 1 unspecified atom stereocenters. The molecule has 0 amide bonds. The second-order valence-electron chi connectivity index (χ2n) is 4.67. The maximum Gasteiger partial charge on any atom is 0.325 e. The number of hydrogen-bond donors (Lipinski definition) is 2. The smallest absolute Gasteiger partial charge is 0.325 e. The van der Waals surface area contributed by atoms with Crippen LogP contribution in [0.15, 0.2) is 24.3 Å². The number of aliphatic carboxylic acids is 2. The summed E-state index contributed by atoms with van der Waals surface area (Å²) >= 11 is 0. The van der Waals surface area contributed by atoms with Crippen LogP contribution in [-0.2, 0) is 15.0 Å². The van der Waals surface area contributed by atoms with Gasteiger partial charge in [0, 0.05) is 0 Å². The van der Waals surface area contributed by atoms with E-state index in [2.05, 4.69) is 13.8 Å². The highest BCUT2D eigenvalue weighted by molar-refractivity contribution is 6.04. The summed E-state index contributed by atoms with van der Waals surface area (Å²) in [7, 11) is 0. The monoisotopic (exact) mass is 250 g/mol. The van der Waals surface area contributed by atoms with Crippen molar-refractivity contribution in [3.63, 3.8) is 0 Å². The van der Waals surface area contributed by atoms with Gasteiger partial charge in [-0.3, -0.25) is 9.59 Å². The maximum atomic E-state index is 11.2. The lowest BCUT2D eigenvalue weighted by atomic mass is 9.81. The van der Waals surface area contributed by atoms with Gasteiger partial charge >= 0.3 is 11.9 Å². The molecule has 0 aliphatic rings. The first-order chi connectivity index (χ1) is 8.33. The van der Waals surface area contributed by atoms with Gasteiger partial charge in [0.05, 0.1) is 0 Å². The number of hydrogen-bond acceptors (Lipinski definition) is 2. The zero-order chi connectivity index (χ0) is 13.9. The van der Waals surface area contributed by atoms with E-state index in [9.17, 15) is 9.59 Å². The largest absolute Gasteiger partial charge is 0.480 e. The Kier molecular flexibility index (Phi) is 4.11. The number of carbonyl (C=O) groups is 2. The molecule has 0 heterocycles. The number of carboxylic acid groups (broad SMARTS) is 2. The van der Waals surface area contributed by atoms with E-state index in [4.69, 9.17) is 10.2 Å². The molecule has 1 aromatic carbocycles. The molecule has 0 bridgehead atoms. The average Bonchev–Trinajstić information content (AvgIpc) is 2.36. The van der Waals surface area contributed by atoms with Crippen molar-refractivity contribution >= 4 is 11.9 Å². The Labute approximate surface area is 106 Å². The Morgan fingerprint density at radius 1 is 1.17 bits per heavy atom. The molecular formula is C14H18O4. The predicted molar refractivity (Wildman–Crippen MR) is 67.8 cm³/mol. The van der Waals surface area contributed by atoms with E-state index >= 15 is 0 Å². The highest BCUT2D eigenvalue weighted by atomic mass is 16.4. The molecule has 1 aromatic rings. The summed E-state index contributed by atoms with van der Waals surface area (Å²) in [5, 5.41) is 18.2. The summed E-state index contributed by atoms with van der Waals surface area (Å²) in [6.45, 7) is 5.34. The van der Waals surface area contributed by atoms with Crippen LogP contribution in [-0.4, -0.2) is 22.2 Å². The van der Waals surface area contributed by atoms with E-state index in [1.165, 1.54) is 6.92 Å². The van der Waals surface area contributed by atoms with Gasteiger partial charge in [0.1, 0.15) is 0 Å². The molecule has 1 atom stereocenters. The van der Waals surface area contributed by atoms with Gasteiger partial charge in [-0.1, -0.05) is 38.1 Å². The second-order valence-corrected chi connectivity index (χ2v) is 4.67. The van der Waals surface area contributed by atoms with Crippen LogP contribution in [0.3, 0.4) is 0 Å². The summed E-state index contributed by atoms with van der Waals surface area (Å²) < 4.78 is 0. The van der Waals surface area contributed by atoms with Gasteiger partial charge < -0.3 is 10.2 Å². The predicted octanol–water partition coefficient (Wildman–Crippen LogP) is 2.63. The fraction of sp³-hybridized carbons (Fsp3) is 0.429. The number of carboxylic acids is 2. The summed E-state index contributed by atoms with van der Waals surface area (Å²) in [6, 6.07) is 6.77. The van der Waals surface area contributed by atoms with Gasteiger partial charge in [-0.05, 0) is 30.4 Å². The molecule has 4 heteroatoms. The highest BCUT2D eigenvalue weighted by Gasteiger charge is 2.43. The standard InChI is InChI=1S/C14H18O4/c1-4-9(2)10-5-7-11(8-6-10)14(3,12(15)16)13(17)18/h5-9H,4H2,1-3H3,(H,15,16)(H,17,18). The molecule has 18 heavy (non-hydrogen) atoms. The van der Waals surface area contributed by atoms with E-state index in [1.807, 2.05) is 0 Å². The van der Waals surface area contributed by atoms with Crippen LogP contribution in [0.5, 0.6) is 0 Å². The quantitative estimate of drug-likeness (QED) is 0.788. The first kappa shape index (κ1) is 14.2. The molecule has 0 fully saturated rings. The third-order valence-electron chi connectivity index (χ3n) is 3.52. The van der Waals surface area contributed by atoms with E-state index in [0.29, 0.717) is 5.92 Å². The zero-order valence-electron chi connectivity index (χ0n) is 10.8. The van der Waals surface area contributed by atoms with Crippen LogP contribution in [0.1, 0.15) is 44.2 Å². The van der Waals surface area contributed by atoms with Crippen LogP contribution in [0.2, 0.25) is 0 Å². The van der Waals surface area contributed by atoms with Crippen LogP contribution in [0.4, 0.5) is 0 Å². The normalized spacial score (nSPS) is 13.1. The molecule has 2 N–H and O–H groups in total. The molecular weight excluding hydrogens is 232 g/mol. The Morgan fingerprint density at radius 2 is 1.61 bits per heavy atom. The lowest BCUT2D eigenvalue weighted by molar-refractivity contribution is -0.156. The van der Waals surface area contributed by atoms with Crippen LogP contribution in [0, 0.1) is 0 Å². The summed E-state index contributed by atoms with van der Waals surface area (Å²) in [4.78, 5) is 22.3. The van der Waals surface area contributed by atoms with Crippen LogP contribution in [0.25, 0.3) is 0 Å². The fourth-order valence-electron chi connectivity index (χ4n) is 1.72. The Morgan fingerprint density at radius 3 is 1.94 bits per heavy atom. The minimum absolute atomic E-state index is 0.287. The molecule has 0 saturated carbocycles. The van der Waals surface area contributed by atoms with Gasteiger partial charge in [0.25, 0.3) is 0 Å². The molecule has 0 spiro atoms. The SMILES string of the molecule is CCC(C)c1ccc(C(C)(C(=O)O)C(=O)O)cc1. The topological polar surface area (TPSA) is 74.6 Å². The molecule has 0 saturated heterocycles. The molecule has 98 valence electrons. The molecule has 1 rings (SSSR count). The highest BCUT2D eigenvalue weighted by Crippen LogP contribution is 2.27. The minimum atomic E-state index is -1.89. The first-order valence-electron chi connectivity index (χ1n) is 5.91. The summed E-state index contributed by atoms with van der Waals surface area (Å²) in [5.74, 6) is -2.34. The molecule has 0 aromatic heterocycles. The average molecular weight is 250 g/mol. The lowest BCUT2D eigenvalue weighted by Gasteiger charge is -2.21. The van der Waals surface area contributed by atoms with Crippen molar-refractivity contribution in [2.75, 3.05) is 0 Å². The van der Waals surface area contributed by atoms with E-state index in [1.54, 1.807) is 24.3 Å². The van der Waals surface area contributed by atoms with Crippen molar-refractivity contribution in [3.8, 4) is 0 Å². The van der Waals surface area contributed by atoms with Crippen LogP contribution < -0.4 is 0 Å². The first-order valence-corrected chi connectivity index (χ1v) is 5.91. The third kappa shape index (κ3) is 2.37.